The number of para-hydroxylation sites is 1. The molecule has 7 nitrogen and oxygen atoms in total. The fourth-order valence-electron chi connectivity index (χ4n) is 2.73. The monoisotopic (exact) mass is 369 g/mol. The predicted octanol–water partition coefficient (Wildman–Crippen LogP) is 2.67. The molecule has 3 rings (SSSR count). The summed E-state index contributed by atoms with van der Waals surface area (Å²) < 4.78 is 18.7. The smallest absolute Gasteiger partial charge is 0.244 e. The van der Waals surface area contributed by atoms with E-state index in [2.05, 4.69) is 20.7 Å². The van der Waals surface area contributed by atoms with Gasteiger partial charge in [0, 0.05) is 11.1 Å². The minimum absolute atomic E-state index is 0.0767. The zero-order valence-corrected chi connectivity index (χ0v) is 15.3. The van der Waals surface area contributed by atoms with Crippen molar-refractivity contribution in [1.29, 1.82) is 0 Å². The molecule has 27 heavy (non-hydrogen) atoms. The van der Waals surface area contributed by atoms with Gasteiger partial charge in [-0.1, -0.05) is 18.2 Å². The number of carbonyl (C=O) groups is 1. The van der Waals surface area contributed by atoms with E-state index in [0.717, 1.165) is 5.56 Å². The third-order valence-corrected chi connectivity index (χ3v) is 4.14. The molecule has 2 aromatic carbocycles. The number of tetrazole rings is 1. The summed E-state index contributed by atoms with van der Waals surface area (Å²) in [5.74, 6) is 0.491. The molecule has 0 saturated heterocycles. The Morgan fingerprint density at radius 1 is 1.30 bits per heavy atom. The van der Waals surface area contributed by atoms with Crippen LogP contribution in [0.3, 0.4) is 0 Å². The van der Waals surface area contributed by atoms with E-state index < -0.39 is 0 Å². The first-order valence-electron chi connectivity index (χ1n) is 8.44. The average Bonchev–Trinajstić information content (AvgIpc) is 3.12. The van der Waals surface area contributed by atoms with Crippen LogP contribution in [-0.2, 0) is 11.3 Å². The summed E-state index contributed by atoms with van der Waals surface area (Å²) in [6.07, 6.45) is 0. The summed E-state index contributed by atoms with van der Waals surface area (Å²) in [5, 5.41) is 14.9. The molecular weight excluding hydrogens is 349 g/mol. The Hall–Kier alpha value is -3.29. The van der Waals surface area contributed by atoms with Crippen LogP contribution in [0.15, 0.2) is 42.5 Å². The first-order chi connectivity index (χ1) is 13.0. The minimum atomic E-state index is -0.296. The molecule has 0 radical (unpaired) electrons. The van der Waals surface area contributed by atoms with Gasteiger partial charge in [-0.2, -0.15) is 4.80 Å². The molecule has 0 aliphatic rings. The molecule has 1 aromatic heterocycles. The third kappa shape index (κ3) is 4.28. The van der Waals surface area contributed by atoms with Crippen molar-refractivity contribution in [2.45, 2.75) is 26.4 Å². The van der Waals surface area contributed by atoms with Crippen LogP contribution < -0.4 is 10.1 Å². The highest BCUT2D eigenvalue weighted by molar-refractivity contribution is 5.76. The van der Waals surface area contributed by atoms with Gasteiger partial charge < -0.3 is 10.1 Å². The number of nitrogens with zero attached hydrogens (tertiary/aromatic N) is 4. The first-order valence-corrected chi connectivity index (χ1v) is 8.44. The summed E-state index contributed by atoms with van der Waals surface area (Å²) in [4.78, 5) is 13.5. The molecule has 3 aromatic rings. The molecular formula is C19H20FN5O2. The van der Waals surface area contributed by atoms with Gasteiger partial charge in [-0.15, -0.1) is 10.2 Å². The Bertz CT molecular complexity index is 957. The van der Waals surface area contributed by atoms with Crippen LogP contribution in [0.25, 0.3) is 11.4 Å². The van der Waals surface area contributed by atoms with E-state index in [0.29, 0.717) is 22.7 Å². The molecule has 0 spiro atoms. The van der Waals surface area contributed by atoms with Crippen LogP contribution in [-0.4, -0.2) is 33.2 Å². The second-order valence-electron chi connectivity index (χ2n) is 6.14. The van der Waals surface area contributed by atoms with Crippen LogP contribution in [0, 0.1) is 12.7 Å². The minimum Gasteiger partial charge on any atom is -0.496 e. The molecule has 1 heterocycles. The quantitative estimate of drug-likeness (QED) is 0.722. The molecule has 1 N–H and O–H groups in total. The number of rotatable bonds is 6. The Morgan fingerprint density at radius 3 is 2.81 bits per heavy atom. The van der Waals surface area contributed by atoms with Crippen molar-refractivity contribution in [3.8, 4) is 17.1 Å². The van der Waals surface area contributed by atoms with Crippen molar-refractivity contribution >= 4 is 5.91 Å². The van der Waals surface area contributed by atoms with Crippen LogP contribution in [0.5, 0.6) is 5.75 Å². The number of aryl methyl sites for hydroxylation is 1. The molecule has 0 bridgehead atoms. The van der Waals surface area contributed by atoms with E-state index in [4.69, 9.17) is 4.74 Å². The first kappa shape index (κ1) is 18.5. The molecule has 8 heteroatoms. The molecule has 0 unspecified atom stereocenters. The topological polar surface area (TPSA) is 81.9 Å². The van der Waals surface area contributed by atoms with Crippen LogP contribution in [0.2, 0.25) is 0 Å². The summed E-state index contributed by atoms with van der Waals surface area (Å²) in [7, 11) is 1.59. The summed E-state index contributed by atoms with van der Waals surface area (Å²) in [6, 6.07) is 11.8. The van der Waals surface area contributed by atoms with E-state index >= 15 is 0 Å². The number of hydrogen-bond donors (Lipinski definition) is 1. The highest BCUT2D eigenvalue weighted by Gasteiger charge is 2.15. The second kappa shape index (κ2) is 7.94. The Morgan fingerprint density at radius 2 is 2.07 bits per heavy atom. The van der Waals surface area contributed by atoms with Crippen LogP contribution >= 0.6 is 0 Å². The number of nitrogens with one attached hydrogen (secondary N) is 1. The van der Waals surface area contributed by atoms with Gasteiger partial charge in [0.15, 0.2) is 0 Å². The fourth-order valence-corrected chi connectivity index (χ4v) is 2.73. The summed E-state index contributed by atoms with van der Waals surface area (Å²) in [5.41, 5.74) is 2.01. The van der Waals surface area contributed by atoms with E-state index in [1.807, 2.05) is 31.2 Å². The van der Waals surface area contributed by atoms with Gasteiger partial charge in [-0.05, 0) is 48.9 Å². The lowest BCUT2D eigenvalue weighted by Crippen LogP contribution is -2.31. The highest BCUT2D eigenvalue weighted by Crippen LogP contribution is 2.24. The standard InChI is InChI=1S/C19H20FN5O2/c1-12-10-14(8-9-16(12)20)19-22-24-25(23-19)11-18(26)21-13(2)15-6-4-5-7-17(15)27-3/h4-10,13H,11H2,1-3H3,(H,21,26)/t13-/m0/s1. The zero-order chi connectivity index (χ0) is 19.4. The van der Waals surface area contributed by atoms with Crippen molar-refractivity contribution < 1.29 is 13.9 Å². The van der Waals surface area contributed by atoms with E-state index in [-0.39, 0.29) is 24.3 Å². The molecule has 140 valence electrons. The van der Waals surface area contributed by atoms with Crippen LogP contribution in [0.4, 0.5) is 4.39 Å². The lowest BCUT2D eigenvalue weighted by molar-refractivity contribution is -0.122. The number of halogens is 1. The maximum absolute atomic E-state index is 13.4. The van der Waals surface area contributed by atoms with E-state index in [9.17, 15) is 9.18 Å². The fraction of sp³-hybridized carbons (Fsp3) is 0.263. The van der Waals surface area contributed by atoms with Crippen LogP contribution in [0.1, 0.15) is 24.1 Å². The Balaban J connectivity index is 1.66. The molecule has 1 atom stereocenters. The van der Waals surface area contributed by atoms with Gasteiger partial charge in [0.05, 0.1) is 13.2 Å². The van der Waals surface area contributed by atoms with Gasteiger partial charge in [0.25, 0.3) is 0 Å². The van der Waals surface area contributed by atoms with Gasteiger partial charge in [0.2, 0.25) is 11.7 Å². The maximum Gasteiger partial charge on any atom is 0.244 e. The average molecular weight is 369 g/mol. The number of benzene rings is 2. The largest absolute Gasteiger partial charge is 0.496 e. The van der Waals surface area contributed by atoms with E-state index in [1.54, 1.807) is 26.2 Å². The summed E-state index contributed by atoms with van der Waals surface area (Å²) >= 11 is 0. The second-order valence-corrected chi connectivity index (χ2v) is 6.14. The number of hydrogen-bond acceptors (Lipinski definition) is 5. The molecule has 0 aliphatic heterocycles. The molecule has 1 amide bonds. The number of methoxy groups -OCH3 is 1. The Labute approximate surface area is 156 Å². The number of aromatic nitrogens is 4. The summed E-state index contributed by atoms with van der Waals surface area (Å²) in [6.45, 7) is 3.46. The molecule has 0 saturated carbocycles. The number of ether oxygens (including phenoxy) is 1. The number of carbonyl (C=O) groups excluding carboxylic acids is 1. The normalized spacial score (nSPS) is 11.9. The zero-order valence-electron chi connectivity index (χ0n) is 15.3. The van der Waals surface area contributed by atoms with Gasteiger partial charge in [-0.3, -0.25) is 4.79 Å². The van der Waals surface area contributed by atoms with E-state index in [1.165, 1.54) is 10.9 Å². The van der Waals surface area contributed by atoms with Crippen molar-refractivity contribution in [3.05, 3.63) is 59.4 Å². The SMILES string of the molecule is COc1ccccc1[C@H](C)NC(=O)Cn1nnc(-c2ccc(F)c(C)c2)n1. The lowest BCUT2D eigenvalue weighted by Gasteiger charge is -2.16. The third-order valence-electron chi connectivity index (χ3n) is 4.14. The van der Waals surface area contributed by atoms with Crippen molar-refractivity contribution in [3.63, 3.8) is 0 Å². The molecule has 0 fully saturated rings. The van der Waals surface area contributed by atoms with Gasteiger partial charge in [0.1, 0.15) is 18.1 Å². The predicted molar refractivity (Wildman–Crippen MR) is 97.5 cm³/mol. The maximum atomic E-state index is 13.4. The van der Waals surface area contributed by atoms with Crippen molar-refractivity contribution in [2.75, 3.05) is 7.11 Å². The Kier molecular flexibility index (Phi) is 5.44. The number of amides is 1. The van der Waals surface area contributed by atoms with Gasteiger partial charge >= 0.3 is 0 Å². The highest BCUT2D eigenvalue weighted by atomic mass is 19.1. The van der Waals surface area contributed by atoms with Crippen molar-refractivity contribution in [1.82, 2.24) is 25.5 Å². The van der Waals surface area contributed by atoms with Gasteiger partial charge in [-0.25, -0.2) is 4.39 Å². The lowest BCUT2D eigenvalue weighted by atomic mass is 10.1. The molecule has 0 aliphatic carbocycles. The van der Waals surface area contributed by atoms with Crippen molar-refractivity contribution in [2.24, 2.45) is 0 Å².